The molecular weight excluding hydrogens is 238 g/mol. The zero-order valence-corrected chi connectivity index (χ0v) is 9.24. The van der Waals surface area contributed by atoms with Gasteiger partial charge in [0.15, 0.2) is 0 Å². The SMILES string of the molecule is O=C(O)C[C@H](NS(=O)(=O)CC1CC1)C(=O)O. The molecule has 0 aromatic carbocycles. The molecule has 1 atom stereocenters. The fourth-order valence-electron chi connectivity index (χ4n) is 1.21. The number of hydrogen-bond acceptors (Lipinski definition) is 4. The molecule has 0 radical (unpaired) electrons. The van der Waals surface area contributed by atoms with Crippen LogP contribution in [0, 0.1) is 5.92 Å². The number of carboxylic acids is 2. The summed E-state index contributed by atoms with van der Waals surface area (Å²) in [6.07, 6.45) is 0.869. The van der Waals surface area contributed by atoms with E-state index < -0.39 is 34.4 Å². The van der Waals surface area contributed by atoms with Gasteiger partial charge in [0.2, 0.25) is 10.0 Å². The number of aliphatic carboxylic acids is 2. The van der Waals surface area contributed by atoms with Gasteiger partial charge in [0.1, 0.15) is 6.04 Å². The van der Waals surface area contributed by atoms with E-state index in [-0.39, 0.29) is 11.7 Å². The van der Waals surface area contributed by atoms with E-state index >= 15 is 0 Å². The Kier molecular flexibility index (Phi) is 3.87. The van der Waals surface area contributed by atoms with Gasteiger partial charge in [-0.25, -0.2) is 13.1 Å². The van der Waals surface area contributed by atoms with E-state index in [9.17, 15) is 18.0 Å². The van der Waals surface area contributed by atoms with Crippen LogP contribution in [0.4, 0.5) is 0 Å². The molecule has 1 aliphatic carbocycles. The van der Waals surface area contributed by atoms with Crippen molar-refractivity contribution in [1.82, 2.24) is 4.72 Å². The number of carbonyl (C=O) groups is 2. The molecule has 0 aromatic rings. The van der Waals surface area contributed by atoms with Gasteiger partial charge < -0.3 is 10.2 Å². The van der Waals surface area contributed by atoms with Gasteiger partial charge in [0.05, 0.1) is 12.2 Å². The molecule has 0 saturated heterocycles. The smallest absolute Gasteiger partial charge is 0.322 e. The number of nitrogens with one attached hydrogen (secondary N) is 1. The average molecular weight is 251 g/mol. The Balaban J connectivity index is 2.58. The van der Waals surface area contributed by atoms with Gasteiger partial charge in [0.25, 0.3) is 0 Å². The average Bonchev–Trinajstić information content (AvgIpc) is 2.84. The van der Waals surface area contributed by atoms with E-state index in [2.05, 4.69) is 0 Å². The lowest BCUT2D eigenvalue weighted by molar-refractivity contribution is -0.145. The molecular formula is C8H13NO6S. The van der Waals surface area contributed by atoms with Gasteiger partial charge in [-0.3, -0.25) is 9.59 Å². The standard InChI is InChI=1S/C8H13NO6S/c10-7(11)3-6(8(12)13)9-16(14,15)4-5-1-2-5/h5-6,9H,1-4H2,(H,10,11)(H,12,13)/t6-/m0/s1. The van der Waals surface area contributed by atoms with E-state index in [0.29, 0.717) is 0 Å². The summed E-state index contributed by atoms with van der Waals surface area (Å²) in [4.78, 5) is 21.0. The highest BCUT2D eigenvalue weighted by atomic mass is 32.2. The van der Waals surface area contributed by atoms with Crippen LogP contribution in [-0.4, -0.2) is 42.4 Å². The highest BCUT2D eigenvalue weighted by Crippen LogP contribution is 2.30. The molecule has 3 N–H and O–H groups in total. The van der Waals surface area contributed by atoms with Crippen LogP contribution in [0.15, 0.2) is 0 Å². The molecule has 16 heavy (non-hydrogen) atoms. The Morgan fingerprint density at radius 2 is 1.88 bits per heavy atom. The van der Waals surface area contributed by atoms with Crippen molar-refractivity contribution in [3.05, 3.63) is 0 Å². The summed E-state index contributed by atoms with van der Waals surface area (Å²) in [5.74, 6) is -2.89. The third kappa shape index (κ3) is 4.58. The lowest BCUT2D eigenvalue weighted by Gasteiger charge is -2.12. The first-order valence-electron chi connectivity index (χ1n) is 4.75. The van der Waals surface area contributed by atoms with Crippen LogP contribution in [-0.2, 0) is 19.6 Å². The number of carboxylic acid groups (broad SMARTS) is 2. The zero-order chi connectivity index (χ0) is 12.3. The van der Waals surface area contributed by atoms with Crippen LogP contribution in [0.25, 0.3) is 0 Å². The molecule has 0 bridgehead atoms. The minimum Gasteiger partial charge on any atom is -0.481 e. The van der Waals surface area contributed by atoms with Crippen molar-refractivity contribution < 1.29 is 28.2 Å². The monoisotopic (exact) mass is 251 g/mol. The van der Waals surface area contributed by atoms with Gasteiger partial charge in [0, 0.05) is 0 Å². The maximum atomic E-state index is 11.4. The van der Waals surface area contributed by atoms with Crippen molar-refractivity contribution in [2.24, 2.45) is 5.92 Å². The maximum Gasteiger partial charge on any atom is 0.322 e. The van der Waals surface area contributed by atoms with E-state index in [1.54, 1.807) is 0 Å². The molecule has 92 valence electrons. The molecule has 0 aromatic heterocycles. The van der Waals surface area contributed by atoms with Gasteiger partial charge in [-0.2, -0.15) is 0 Å². The Morgan fingerprint density at radius 3 is 2.25 bits per heavy atom. The Morgan fingerprint density at radius 1 is 1.31 bits per heavy atom. The topological polar surface area (TPSA) is 121 Å². The minimum absolute atomic E-state index is 0.0803. The molecule has 1 aliphatic rings. The first-order chi connectivity index (χ1) is 7.30. The van der Waals surface area contributed by atoms with Gasteiger partial charge in [-0.15, -0.1) is 0 Å². The third-order valence-corrected chi connectivity index (χ3v) is 3.70. The van der Waals surface area contributed by atoms with Crippen LogP contribution in [0.1, 0.15) is 19.3 Å². The molecule has 0 heterocycles. The Hall–Kier alpha value is -1.15. The van der Waals surface area contributed by atoms with Crippen molar-refractivity contribution in [1.29, 1.82) is 0 Å². The number of rotatable bonds is 7. The van der Waals surface area contributed by atoms with Gasteiger partial charge >= 0.3 is 11.9 Å². The summed E-state index contributed by atoms with van der Waals surface area (Å²) in [5, 5.41) is 17.1. The lowest BCUT2D eigenvalue weighted by atomic mass is 10.2. The molecule has 7 nitrogen and oxygen atoms in total. The molecule has 0 aliphatic heterocycles. The fraction of sp³-hybridized carbons (Fsp3) is 0.750. The predicted molar refractivity (Wildman–Crippen MR) is 53.3 cm³/mol. The van der Waals surface area contributed by atoms with Crippen LogP contribution < -0.4 is 4.72 Å². The normalized spacial score (nSPS) is 18.0. The van der Waals surface area contributed by atoms with Crippen LogP contribution in [0.3, 0.4) is 0 Å². The van der Waals surface area contributed by atoms with E-state index in [0.717, 1.165) is 12.8 Å². The summed E-state index contributed by atoms with van der Waals surface area (Å²) in [7, 11) is -3.70. The zero-order valence-electron chi connectivity index (χ0n) is 8.42. The van der Waals surface area contributed by atoms with Crippen LogP contribution in [0.2, 0.25) is 0 Å². The number of sulfonamides is 1. The molecule has 1 rings (SSSR count). The predicted octanol–water partition coefficient (Wildman–Crippen LogP) is -0.756. The van der Waals surface area contributed by atoms with E-state index in [1.807, 2.05) is 4.72 Å². The van der Waals surface area contributed by atoms with Crippen molar-refractivity contribution >= 4 is 22.0 Å². The third-order valence-electron chi connectivity index (χ3n) is 2.15. The summed E-state index contributed by atoms with van der Waals surface area (Å²) in [5.41, 5.74) is 0. The largest absolute Gasteiger partial charge is 0.481 e. The second-order valence-corrected chi connectivity index (χ2v) is 5.63. The van der Waals surface area contributed by atoms with E-state index in [4.69, 9.17) is 10.2 Å². The lowest BCUT2D eigenvalue weighted by Crippen LogP contribution is -2.43. The number of hydrogen-bond donors (Lipinski definition) is 3. The summed E-state index contributed by atoms with van der Waals surface area (Å²) >= 11 is 0. The van der Waals surface area contributed by atoms with Crippen molar-refractivity contribution in [2.45, 2.75) is 25.3 Å². The van der Waals surface area contributed by atoms with Crippen LogP contribution >= 0.6 is 0 Å². The van der Waals surface area contributed by atoms with Crippen molar-refractivity contribution in [2.75, 3.05) is 5.75 Å². The van der Waals surface area contributed by atoms with Crippen LogP contribution in [0.5, 0.6) is 0 Å². The highest BCUT2D eigenvalue weighted by Gasteiger charge is 2.32. The summed E-state index contributed by atoms with van der Waals surface area (Å²) in [6.45, 7) is 0. The van der Waals surface area contributed by atoms with Gasteiger partial charge in [-0.05, 0) is 18.8 Å². The van der Waals surface area contributed by atoms with Crippen molar-refractivity contribution in [3.63, 3.8) is 0 Å². The summed E-state index contributed by atoms with van der Waals surface area (Å²) < 4.78 is 24.7. The Bertz CT molecular complexity index is 385. The molecule has 0 unspecified atom stereocenters. The fourth-order valence-corrected chi connectivity index (χ4v) is 2.88. The molecule has 1 fully saturated rings. The maximum absolute atomic E-state index is 11.4. The second kappa shape index (κ2) is 4.79. The quantitative estimate of drug-likeness (QED) is 0.547. The van der Waals surface area contributed by atoms with Gasteiger partial charge in [-0.1, -0.05) is 0 Å². The van der Waals surface area contributed by atoms with Crippen molar-refractivity contribution in [3.8, 4) is 0 Å². The summed E-state index contributed by atoms with van der Waals surface area (Å²) in [6, 6.07) is -1.60. The first kappa shape index (κ1) is 12.9. The van der Waals surface area contributed by atoms with E-state index in [1.165, 1.54) is 0 Å². The minimum atomic E-state index is -3.70. The molecule has 0 spiro atoms. The first-order valence-corrected chi connectivity index (χ1v) is 6.40. The highest BCUT2D eigenvalue weighted by molar-refractivity contribution is 7.89. The molecule has 0 amide bonds. The molecule has 8 heteroatoms. The second-order valence-electron chi connectivity index (χ2n) is 3.83. The Labute approximate surface area is 92.5 Å². The molecule has 1 saturated carbocycles.